The van der Waals surface area contributed by atoms with Crippen LogP contribution in [0.15, 0.2) is 18.3 Å². The second-order valence-electron chi connectivity index (χ2n) is 3.43. The van der Waals surface area contributed by atoms with Gasteiger partial charge in [0.05, 0.1) is 19.2 Å². The van der Waals surface area contributed by atoms with Crippen molar-refractivity contribution in [2.75, 3.05) is 14.2 Å². The van der Waals surface area contributed by atoms with E-state index in [2.05, 4.69) is 15.0 Å². The molecule has 7 heteroatoms. The van der Waals surface area contributed by atoms with E-state index in [4.69, 9.17) is 21.1 Å². The normalized spacial score (nSPS) is 10.1. The molecule has 2 aromatic rings. The molecule has 0 saturated heterocycles. The highest BCUT2D eigenvalue weighted by atomic mass is 35.5. The summed E-state index contributed by atoms with van der Waals surface area (Å²) in [6, 6.07) is 3.36. The number of ether oxygens (including phenoxy) is 2. The molecule has 0 aliphatic carbocycles. The lowest BCUT2D eigenvalue weighted by Gasteiger charge is -2.09. The number of hydrogen-bond acceptors (Lipinski definition) is 6. The quantitative estimate of drug-likeness (QED) is 0.797. The third-order valence-corrected chi connectivity index (χ3v) is 2.66. The first-order valence-electron chi connectivity index (χ1n) is 5.27. The molecule has 0 spiro atoms. The molecule has 2 rings (SSSR count). The summed E-state index contributed by atoms with van der Waals surface area (Å²) in [5.41, 5.74) is 0.527. The number of rotatable bonds is 4. The molecule has 98 valence electrons. The minimum Gasteiger partial charge on any atom is -0.480 e. The maximum atomic E-state index is 11.0. The average Bonchev–Trinajstić information content (AvgIpc) is 2.46. The Morgan fingerprint density at radius 1 is 1.21 bits per heavy atom. The maximum Gasteiger partial charge on any atom is 0.231 e. The molecule has 0 radical (unpaired) electrons. The first-order valence-corrected chi connectivity index (χ1v) is 5.65. The number of carbonyl (C=O) groups is 1. The standard InChI is InChI=1S/C12H10ClN3O3/c1-18-11-7(6-17)12(19-2)16-10(15-11)9-8(13)4-3-5-14-9/h3-6H,1-2H3. The van der Waals surface area contributed by atoms with Crippen molar-refractivity contribution in [3.8, 4) is 23.3 Å². The van der Waals surface area contributed by atoms with Crippen LogP contribution in [0, 0.1) is 0 Å². The molecule has 2 heterocycles. The molecule has 6 nitrogen and oxygen atoms in total. The van der Waals surface area contributed by atoms with Crippen molar-refractivity contribution in [1.82, 2.24) is 15.0 Å². The van der Waals surface area contributed by atoms with E-state index in [9.17, 15) is 4.79 Å². The zero-order valence-corrected chi connectivity index (χ0v) is 11.0. The van der Waals surface area contributed by atoms with Crippen LogP contribution in [-0.2, 0) is 0 Å². The minimum atomic E-state index is 0.110. The number of nitrogens with zero attached hydrogens (tertiary/aromatic N) is 3. The van der Waals surface area contributed by atoms with Gasteiger partial charge in [-0.2, -0.15) is 9.97 Å². The smallest absolute Gasteiger partial charge is 0.231 e. The van der Waals surface area contributed by atoms with Crippen LogP contribution in [0.2, 0.25) is 5.02 Å². The average molecular weight is 280 g/mol. The predicted octanol–water partition coefficient (Wildman–Crippen LogP) is 2.02. The van der Waals surface area contributed by atoms with E-state index < -0.39 is 0 Å². The molecule has 0 N–H and O–H groups in total. The molecular formula is C12H10ClN3O3. The minimum absolute atomic E-state index is 0.110. The van der Waals surface area contributed by atoms with E-state index in [1.165, 1.54) is 14.2 Å². The Balaban J connectivity index is 2.66. The molecule has 0 atom stereocenters. The highest BCUT2D eigenvalue weighted by molar-refractivity contribution is 6.32. The molecule has 0 aliphatic heterocycles. The Morgan fingerprint density at radius 3 is 2.32 bits per heavy atom. The fourth-order valence-corrected chi connectivity index (χ4v) is 1.70. The van der Waals surface area contributed by atoms with Gasteiger partial charge in [-0.25, -0.2) is 0 Å². The lowest BCUT2D eigenvalue weighted by molar-refractivity contribution is 0.111. The van der Waals surface area contributed by atoms with E-state index >= 15 is 0 Å². The summed E-state index contributed by atoms with van der Waals surface area (Å²) >= 11 is 6.03. The molecule has 2 aromatic heterocycles. The molecule has 0 unspecified atom stereocenters. The van der Waals surface area contributed by atoms with Crippen LogP contribution >= 0.6 is 11.6 Å². The van der Waals surface area contributed by atoms with E-state index in [0.29, 0.717) is 17.0 Å². The van der Waals surface area contributed by atoms with E-state index in [0.717, 1.165) is 0 Å². The Hall–Kier alpha value is -2.21. The van der Waals surface area contributed by atoms with Gasteiger partial charge in [0.1, 0.15) is 11.3 Å². The predicted molar refractivity (Wildman–Crippen MR) is 68.8 cm³/mol. The van der Waals surface area contributed by atoms with Gasteiger partial charge in [0.2, 0.25) is 11.8 Å². The summed E-state index contributed by atoms with van der Waals surface area (Å²) in [5, 5.41) is 0.394. The molecule has 0 aliphatic rings. The SMILES string of the molecule is COc1nc(-c2ncccc2Cl)nc(OC)c1C=O. The van der Waals surface area contributed by atoms with Gasteiger partial charge >= 0.3 is 0 Å². The van der Waals surface area contributed by atoms with E-state index in [1.807, 2.05) is 0 Å². The summed E-state index contributed by atoms with van der Waals surface area (Å²) in [5.74, 6) is 0.446. The topological polar surface area (TPSA) is 74.2 Å². The number of aromatic nitrogens is 3. The fraction of sp³-hybridized carbons (Fsp3) is 0.167. The van der Waals surface area contributed by atoms with Crippen molar-refractivity contribution in [3.63, 3.8) is 0 Å². The van der Waals surface area contributed by atoms with Crippen molar-refractivity contribution in [3.05, 3.63) is 28.9 Å². The lowest BCUT2D eigenvalue weighted by atomic mass is 10.3. The summed E-state index contributed by atoms with van der Waals surface area (Å²) in [6.07, 6.45) is 2.14. The van der Waals surface area contributed by atoms with Crippen LogP contribution < -0.4 is 9.47 Å². The number of hydrogen-bond donors (Lipinski definition) is 0. The third-order valence-electron chi connectivity index (χ3n) is 2.35. The van der Waals surface area contributed by atoms with Gasteiger partial charge in [0.25, 0.3) is 0 Å². The fourth-order valence-electron chi connectivity index (χ4n) is 1.50. The van der Waals surface area contributed by atoms with Crippen LogP contribution in [0.3, 0.4) is 0 Å². The van der Waals surface area contributed by atoms with Gasteiger partial charge in [-0.3, -0.25) is 9.78 Å². The zero-order valence-electron chi connectivity index (χ0n) is 10.3. The monoisotopic (exact) mass is 279 g/mol. The Bertz CT molecular complexity index is 594. The Kier molecular flexibility index (Phi) is 3.91. The first-order chi connectivity index (χ1) is 9.21. The van der Waals surface area contributed by atoms with E-state index in [-0.39, 0.29) is 23.1 Å². The number of aldehydes is 1. The second kappa shape index (κ2) is 5.62. The van der Waals surface area contributed by atoms with Crippen molar-refractivity contribution >= 4 is 17.9 Å². The van der Waals surface area contributed by atoms with Crippen LogP contribution in [0.5, 0.6) is 11.8 Å². The highest BCUT2D eigenvalue weighted by Crippen LogP contribution is 2.29. The van der Waals surface area contributed by atoms with Crippen molar-refractivity contribution in [2.45, 2.75) is 0 Å². The molecule has 0 amide bonds. The van der Waals surface area contributed by atoms with Crippen molar-refractivity contribution in [2.24, 2.45) is 0 Å². The van der Waals surface area contributed by atoms with Crippen LogP contribution in [0.1, 0.15) is 10.4 Å². The van der Waals surface area contributed by atoms with Gasteiger partial charge < -0.3 is 9.47 Å². The highest BCUT2D eigenvalue weighted by Gasteiger charge is 2.18. The van der Waals surface area contributed by atoms with Crippen LogP contribution in [0.25, 0.3) is 11.5 Å². The van der Waals surface area contributed by atoms with Gasteiger partial charge in [-0.1, -0.05) is 11.6 Å². The lowest BCUT2D eigenvalue weighted by Crippen LogP contribution is -2.04. The number of methoxy groups -OCH3 is 2. The summed E-state index contributed by atoms with van der Waals surface area (Å²) in [4.78, 5) is 23.3. The van der Waals surface area contributed by atoms with Gasteiger partial charge in [0, 0.05) is 6.20 Å². The summed E-state index contributed by atoms with van der Waals surface area (Å²) in [6.45, 7) is 0. The van der Waals surface area contributed by atoms with Crippen LogP contribution in [0.4, 0.5) is 0 Å². The second-order valence-corrected chi connectivity index (χ2v) is 3.84. The van der Waals surface area contributed by atoms with Gasteiger partial charge in [0.15, 0.2) is 12.1 Å². The Morgan fingerprint density at radius 2 is 1.84 bits per heavy atom. The maximum absolute atomic E-state index is 11.0. The molecular weight excluding hydrogens is 270 g/mol. The van der Waals surface area contributed by atoms with Crippen molar-refractivity contribution in [1.29, 1.82) is 0 Å². The number of pyridine rings is 1. The van der Waals surface area contributed by atoms with Crippen LogP contribution in [-0.4, -0.2) is 35.5 Å². The summed E-state index contributed by atoms with van der Waals surface area (Å²) in [7, 11) is 2.80. The zero-order chi connectivity index (χ0) is 13.8. The summed E-state index contributed by atoms with van der Waals surface area (Å²) < 4.78 is 10.1. The van der Waals surface area contributed by atoms with E-state index in [1.54, 1.807) is 18.3 Å². The third kappa shape index (κ3) is 2.48. The van der Waals surface area contributed by atoms with Crippen molar-refractivity contribution < 1.29 is 14.3 Å². The Labute approximate surface area is 114 Å². The number of carbonyl (C=O) groups excluding carboxylic acids is 1. The van der Waals surface area contributed by atoms with Gasteiger partial charge in [-0.15, -0.1) is 0 Å². The largest absolute Gasteiger partial charge is 0.480 e. The molecule has 0 saturated carbocycles. The molecule has 0 fully saturated rings. The molecule has 0 aromatic carbocycles. The first kappa shape index (κ1) is 13.2. The molecule has 0 bridgehead atoms. The number of halogens is 1. The molecule has 19 heavy (non-hydrogen) atoms. The van der Waals surface area contributed by atoms with Gasteiger partial charge in [-0.05, 0) is 12.1 Å².